The number of halogens is 2. The minimum atomic E-state index is -0.599. The highest BCUT2D eigenvalue weighted by Gasteiger charge is 2.19. The van der Waals surface area contributed by atoms with Crippen LogP contribution in [0.25, 0.3) is 0 Å². The molecule has 0 aromatic heterocycles. The van der Waals surface area contributed by atoms with Crippen LogP contribution in [0.4, 0.5) is 4.79 Å². The van der Waals surface area contributed by atoms with E-state index >= 15 is 0 Å². The van der Waals surface area contributed by atoms with E-state index in [2.05, 4.69) is 5.32 Å². The molecule has 1 amide bonds. The molecule has 0 fully saturated rings. The number of nitrogens with one attached hydrogen (secondary N) is 1. The molecule has 1 aromatic carbocycles. The molecule has 1 N–H and O–H groups in total. The summed E-state index contributed by atoms with van der Waals surface area (Å²) in [6.07, 6.45) is 2.40. The fourth-order valence-corrected chi connectivity index (χ4v) is 2.53. The zero-order valence-electron chi connectivity index (χ0n) is 14.8. The molecule has 0 aliphatic heterocycles. The lowest BCUT2D eigenvalue weighted by atomic mass is 9.98. The van der Waals surface area contributed by atoms with E-state index in [1.807, 2.05) is 0 Å². The normalized spacial score (nSPS) is 12.7. The van der Waals surface area contributed by atoms with Crippen LogP contribution in [0.2, 0.25) is 10.0 Å². The van der Waals surface area contributed by atoms with Crippen LogP contribution in [0.15, 0.2) is 30.4 Å². The summed E-state index contributed by atoms with van der Waals surface area (Å²) >= 11 is 12.2. The lowest BCUT2D eigenvalue weighted by Crippen LogP contribution is -2.34. The molecular weight excluding hydrogens is 365 g/mol. The van der Waals surface area contributed by atoms with Crippen LogP contribution in [0.1, 0.15) is 39.2 Å². The van der Waals surface area contributed by atoms with Crippen LogP contribution >= 0.6 is 23.2 Å². The number of amides is 1. The molecule has 1 aromatic rings. The third kappa shape index (κ3) is 8.27. The molecule has 0 heterocycles. The summed E-state index contributed by atoms with van der Waals surface area (Å²) < 4.78 is 10.1. The van der Waals surface area contributed by atoms with E-state index in [0.29, 0.717) is 10.0 Å². The van der Waals surface area contributed by atoms with Crippen molar-refractivity contribution in [3.05, 3.63) is 46.0 Å². The number of rotatable bonds is 6. The van der Waals surface area contributed by atoms with Gasteiger partial charge in [-0.1, -0.05) is 35.3 Å². The van der Waals surface area contributed by atoms with Crippen molar-refractivity contribution in [2.45, 2.75) is 39.2 Å². The van der Waals surface area contributed by atoms with Crippen LogP contribution in [0.5, 0.6) is 0 Å². The average Bonchev–Trinajstić information content (AvgIpc) is 2.47. The fourth-order valence-electron chi connectivity index (χ4n) is 1.98. The van der Waals surface area contributed by atoms with Gasteiger partial charge >= 0.3 is 12.1 Å². The Morgan fingerprint density at radius 1 is 1.28 bits per heavy atom. The summed E-state index contributed by atoms with van der Waals surface area (Å²) in [5.74, 6) is -0.809. The monoisotopic (exact) mass is 387 g/mol. The molecule has 1 unspecified atom stereocenters. The molecule has 0 bridgehead atoms. The standard InChI is InChI=1S/C18H23Cl2NO4/c1-5-24-16(22)9-6-12(11-21-17(23)25-18(2,3)4)14-8-7-13(19)10-15(14)20/h6-10,12H,5,11H2,1-4H3,(H,21,23)/b9-6+. The number of ether oxygens (including phenoxy) is 2. The maximum Gasteiger partial charge on any atom is 0.407 e. The number of alkyl carbamates (subject to hydrolysis) is 1. The predicted molar refractivity (Wildman–Crippen MR) is 99.2 cm³/mol. The highest BCUT2D eigenvalue weighted by Crippen LogP contribution is 2.28. The van der Waals surface area contributed by atoms with E-state index in [4.69, 9.17) is 32.7 Å². The predicted octanol–water partition coefficient (Wildman–Crippen LogP) is 4.72. The summed E-state index contributed by atoms with van der Waals surface area (Å²) in [4.78, 5) is 23.4. The smallest absolute Gasteiger partial charge is 0.407 e. The third-order valence-corrected chi connectivity index (χ3v) is 3.54. The topological polar surface area (TPSA) is 64.6 Å². The summed E-state index contributed by atoms with van der Waals surface area (Å²) in [5.41, 5.74) is 0.126. The van der Waals surface area contributed by atoms with E-state index in [1.165, 1.54) is 6.08 Å². The van der Waals surface area contributed by atoms with Crippen molar-refractivity contribution in [3.8, 4) is 0 Å². The Morgan fingerprint density at radius 2 is 1.96 bits per heavy atom. The van der Waals surface area contributed by atoms with E-state index in [0.717, 1.165) is 5.56 Å². The van der Waals surface area contributed by atoms with Crippen molar-refractivity contribution in [3.63, 3.8) is 0 Å². The van der Waals surface area contributed by atoms with Crippen molar-refractivity contribution in [2.24, 2.45) is 0 Å². The molecule has 0 radical (unpaired) electrons. The number of carbonyl (C=O) groups is 2. The van der Waals surface area contributed by atoms with Gasteiger partial charge in [0.1, 0.15) is 5.60 Å². The van der Waals surface area contributed by atoms with Gasteiger partial charge in [0.05, 0.1) is 6.61 Å². The van der Waals surface area contributed by atoms with Crippen molar-refractivity contribution in [2.75, 3.05) is 13.2 Å². The number of esters is 1. The maximum absolute atomic E-state index is 11.9. The van der Waals surface area contributed by atoms with Gasteiger partial charge in [0.15, 0.2) is 0 Å². The Kier molecular flexibility index (Phi) is 8.26. The number of carbonyl (C=O) groups excluding carboxylic acids is 2. The van der Waals surface area contributed by atoms with Gasteiger partial charge in [-0.15, -0.1) is 0 Å². The molecule has 5 nitrogen and oxygen atoms in total. The SMILES string of the molecule is CCOC(=O)/C=C/C(CNC(=O)OC(C)(C)C)c1ccc(Cl)cc1Cl. The van der Waals surface area contributed by atoms with Crippen molar-refractivity contribution < 1.29 is 19.1 Å². The number of hydrogen-bond donors (Lipinski definition) is 1. The maximum atomic E-state index is 11.9. The lowest BCUT2D eigenvalue weighted by Gasteiger charge is -2.21. The van der Waals surface area contributed by atoms with E-state index in [-0.39, 0.29) is 19.1 Å². The van der Waals surface area contributed by atoms with Gasteiger partial charge in [-0.3, -0.25) is 0 Å². The Morgan fingerprint density at radius 3 is 2.52 bits per heavy atom. The molecule has 0 saturated carbocycles. The van der Waals surface area contributed by atoms with Crippen molar-refractivity contribution >= 4 is 35.3 Å². The van der Waals surface area contributed by atoms with Gasteiger partial charge in [-0.2, -0.15) is 0 Å². The Balaban J connectivity index is 2.91. The highest BCUT2D eigenvalue weighted by molar-refractivity contribution is 6.35. The molecular formula is C18H23Cl2NO4. The van der Waals surface area contributed by atoms with E-state index in [1.54, 1.807) is 52.0 Å². The first-order valence-corrected chi connectivity index (χ1v) is 8.64. The van der Waals surface area contributed by atoms with Gasteiger partial charge in [0.25, 0.3) is 0 Å². The zero-order valence-corrected chi connectivity index (χ0v) is 16.3. The first-order valence-electron chi connectivity index (χ1n) is 7.89. The Hall–Kier alpha value is -1.72. The summed E-state index contributed by atoms with van der Waals surface area (Å²) in [5, 5.41) is 3.62. The first kappa shape index (κ1) is 21.3. The second-order valence-electron chi connectivity index (χ2n) is 6.27. The second-order valence-corrected chi connectivity index (χ2v) is 7.11. The van der Waals surface area contributed by atoms with Crippen LogP contribution in [-0.4, -0.2) is 30.8 Å². The molecule has 7 heteroatoms. The Labute approximate surface area is 158 Å². The number of hydrogen-bond acceptors (Lipinski definition) is 4. The molecule has 1 rings (SSSR count). The molecule has 0 aliphatic rings. The van der Waals surface area contributed by atoms with E-state index in [9.17, 15) is 9.59 Å². The molecule has 0 spiro atoms. The van der Waals surface area contributed by atoms with Gasteiger partial charge < -0.3 is 14.8 Å². The highest BCUT2D eigenvalue weighted by atomic mass is 35.5. The average molecular weight is 388 g/mol. The van der Waals surface area contributed by atoms with Gasteiger partial charge in [0.2, 0.25) is 0 Å². The molecule has 25 heavy (non-hydrogen) atoms. The van der Waals surface area contributed by atoms with Crippen LogP contribution in [-0.2, 0) is 14.3 Å². The summed E-state index contributed by atoms with van der Waals surface area (Å²) in [6.45, 7) is 7.55. The van der Waals surface area contributed by atoms with Crippen molar-refractivity contribution in [1.29, 1.82) is 0 Å². The molecule has 0 aliphatic carbocycles. The minimum absolute atomic E-state index is 0.201. The third-order valence-electron chi connectivity index (χ3n) is 2.98. The number of benzene rings is 1. The van der Waals surface area contributed by atoms with Gasteiger partial charge in [-0.05, 0) is 45.4 Å². The van der Waals surface area contributed by atoms with Gasteiger partial charge in [-0.25, -0.2) is 9.59 Å². The molecule has 1 atom stereocenters. The van der Waals surface area contributed by atoms with Gasteiger partial charge in [0, 0.05) is 28.6 Å². The van der Waals surface area contributed by atoms with Crippen LogP contribution < -0.4 is 5.32 Å². The van der Waals surface area contributed by atoms with E-state index < -0.39 is 17.7 Å². The fraction of sp³-hybridized carbons (Fsp3) is 0.444. The minimum Gasteiger partial charge on any atom is -0.463 e. The molecule has 0 saturated heterocycles. The zero-order chi connectivity index (χ0) is 19.0. The first-order chi connectivity index (χ1) is 11.6. The largest absolute Gasteiger partial charge is 0.463 e. The summed E-state index contributed by atoms with van der Waals surface area (Å²) in [6, 6.07) is 5.06. The second kappa shape index (κ2) is 9.68. The molecule has 138 valence electrons. The Bertz CT molecular complexity index is 638. The lowest BCUT2D eigenvalue weighted by molar-refractivity contribution is -0.137. The van der Waals surface area contributed by atoms with Crippen LogP contribution in [0.3, 0.4) is 0 Å². The van der Waals surface area contributed by atoms with Crippen LogP contribution in [0, 0.1) is 0 Å². The quantitative estimate of drug-likeness (QED) is 0.566. The summed E-state index contributed by atoms with van der Waals surface area (Å²) in [7, 11) is 0. The van der Waals surface area contributed by atoms with Crippen molar-refractivity contribution in [1.82, 2.24) is 5.32 Å².